The molecule has 0 spiro atoms. The molecule has 0 saturated carbocycles. The van der Waals surface area contributed by atoms with Crippen molar-refractivity contribution in [3.63, 3.8) is 0 Å². The highest BCUT2D eigenvalue weighted by Gasteiger charge is 2.18. The van der Waals surface area contributed by atoms with Gasteiger partial charge in [-0.3, -0.25) is 4.79 Å². The van der Waals surface area contributed by atoms with E-state index in [1.54, 1.807) is 0 Å². The van der Waals surface area contributed by atoms with E-state index >= 15 is 0 Å². The minimum absolute atomic E-state index is 0.0561. The quantitative estimate of drug-likeness (QED) is 0.437. The Bertz CT molecular complexity index is 724. The average Bonchev–Trinajstić information content (AvgIpc) is 2.67. The molecule has 2 aromatic carbocycles. The molecule has 2 rings (SSSR count). The van der Waals surface area contributed by atoms with Crippen LogP contribution in [0.15, 0.2) is 72.4 Å². The number of nitrogens with zero attached hydrogens (tertiary/aromatic N) is 2. The van der Waals surface area contributed by atoms with Crippen molar-refractivity contribution in [3.8, 4) is 6.07 Å². The predicted molar refractivity (Wildman–Crippen MR) is 103 cm³/mol. The molecule has 0 aliphatic heterocycles. The van der Waals surface area contributed by atoms with E-state index in [1.807, 2.05) is 85.7 Å². The summed E-state index contributed by atoms with van der Waals surface area (Å²) < 4.78 is 0. The number of rotatable bonds is 8. The zero-order valence-electron chi connectivity index (χ0n) is 15.1. The number of hydrogen-bond acceptors (Lipinski definition) is 4. The minimum atomic E-state index is -0.400. The van der Waals surface area contributed by atoms with Gasteiger partial charge in [0.25, 0.3) is 5.91 Å². The summed E-state index contributed by atoms with van der Waals surface area (Å²) in [6, 6.07) is 21.1. The molecular weight excluding hydrogens is 324 g/mol. The van der Waals surface area contributed by atoms with Gasteiger partial charge in [0.15, 0.2) is 0 Å². The number of nitriles is 1. The highest BCUT2D eigenvalue weighted by atomic mass is 16.1. The van der Waals surface area contributed by atoms with Gasteiger partial charge in [-0.1, -0.05) is 60.7 Å². The van der Waals surface area contributed by atoms with E-state index in [4.69, 9.17) is 0 Å². The van der Waals surface area contributed by atoms with Crippen LogP contribution in [0, 0.1) is 11.3 Å². The maximum Gasteiger partial charge on any atom is 0.264 e. The summed E-state index contributed by atoms with van der Waals surface area (Å²) in [4.78, 5) is 14.6. The summed E-state index contributed by atoms with van der Waals surface area (Å²) in [5.41, 5.74) is 1.98. The number of nitrogens with one attached hydrogen (secondary N) is 2. The fraction of sp³-hybridized carbons (Fsp3) is 0.238. The lowest BCUT2D eigenvalue weighted by atomic mass is 9.98. The van der Waals surface area contributed by atoms with Crippen molar-refractivity contribution in [3.05, 3.63) is 83.6 Å². The zero-order chi connectivity index (χ0) is 18.8. The molecule has 0 radical (unpaired) electrons. The summed E-state index contributed by atoms with van der Waals surface area (Å²) in [6.45, 7) is 1.47. The molecule has 0 unspecified atom stereocenters. The highest BCUT2D eigenvalue weighted by molar-refractivity contribution is 5.97. The summed E-state index contributed by atoms with van der Waals surface area (Å²) >= 11 is 0. The van der Waals surface area contributed by atoms with Gasteiger partial charge in [0.05, 0.1) is 6.04 Å². The van der Waals surface area contributed by atoms with Crippen molar-refractivity contribution in [1.29, 1.82) is 5.26 Å². The molecule has 2 aromatic rings. The molecule has 26 heavy (non-hydrogen) atoms. The Hall–Kier alpha value is -3.10. The largest absolute Gasteiger partial charge is 0.388 e. The van der Waals surface area contributed by atoms with Gasteiger partial charge >= 0.3 is 0 Å². The van der Waals surface area contributed by atoms with E-state index in [1.165, 1.54) is 6.20 Å². The maximum absolute atomic E-state index is 12.6. The average molecular weight is 348 g/mol. The van der Waals surface area contributed by atoms with Crippen LogP contribution in [0.5, 0.6) is 0 Å². The van der Waals surface area contributed by atoms with Gasteiger partial charge in [0, 0.05) is 19.3 Å². The van der Waals surface area contributed by atoms with Crippen LogP contribution in [0.25, 0.3) is 0 Å². The van der Waals surface area contributed by atoms with E-state index in [0.29, 0.717) is 6.54 Å². The van der Waals surface area contributed by atoms with E-state index in [-0.39, 0.29) is 11.6 Å². The molecular formula is C21H24N4O. The first kappa shape index (κ1) is 19.2. The second-order valence-corrected chi connectivity index (χ2v) is 6.16. The SMILES string of the molecule is CN(C)CCN/C=C(/C#N)C(=O)NC(c1ccccc1)c1ccccc1. The fourth-order valence-electron chi connectivity index (χ4n) is 2.47. The van der Waals surface area contributed by atoms with Crippen molar-refractivity contribution >= 4 is 5.91 Å². The second kappa shape index (κ2) is 10.0. The van der Waals surface area contributed by atoms with Crippen molar-refractivity contribution in [2.24, 2.45) is 0 Å². The predicted octanol–water partition coefficient (Wildman–Crippen LogP) is 2.45. The van der Waals surface area contributed by atoms with Crippen LogP contribution < -0.4 is 10.6 Å². The summed E-state index contributed by atoms with van der Waals surface area (Å²) in [6.07, 6.45) is 1.48. The normalized spacial score (nSPS) is 11.3. The van der Waals surface area contributed by atoms with Gasteiger partial charge in [-0.2, -0.15) is 5.26 Å². The zero-order valence-corrected chi connectivity index (χ0v) is 15.1. The molecule has 0 aliphatic rings. The number of likely N-dealkylation sites (N-methyl/N-ethyl adjacent to an activating group) is 1. The van der Waals surface area contributed by atoms with Crippen LogP contribution in [-0.2, 0) is 4.79 Å². The Balaban J connectivity index is 2.15. The third kappa shape index (κ3) is 5.76. The highest BCUT2D eigenvalue weighted by Crippen LogP contribution is 2.22. The van der Waals surface area contributed by atoms with Gasteiger partial charge in [0.2, 0.25) is 0 Å². The van der Waals surface area contributed by atoms with Crippen molar-refractivity contribution in [1.82, 2.24) is 15.5 Å². The fourth-order valence-corrected chi connectivity index (χ4v) is 2.47. The van der Waals surface area contributed by atoms with Crippen LogP contribution in [0.2, 0.25) is 0 Å². The van der Waals surface area contributed by atoms with Crippen molar-refractivity contribution in [2.75, 3.05) is 27.2 Å². The van der Waals surface area contributed by atoms with Gasteiger partial charge in [-0.05, 0) is 25.2 Å². The topological polar surface area (TPSA) is 68.2 Å². The summed E-state index contributed by atoms with van der Waals surface area (Å²) in [7, 11) is 3.93. The lowest BCUT2D eigenvalue weighted by Crippen LogP contribution is -2.31. The maximum atomic E-state index is 12.6. The lowest BCUT2D eigenvalue weighted by molar-refractivity contribution is -0.117. The molecule has 5 nitrogen and oxygen atoms in total. The van der Waals surface area contributed by atoms with E-state index in [2.05, 4.69) is 10.6 Å². The molecule has 0 aromatic heterocycles. The number of hydrogen-bond donors (Lipinski definition) is 2. The third-order valence-corrected chi connectivity index (χ3v) is 3.86. The second-order valence-electron chi connectivity index (χ2n) is 6.16. The molecule has 5 heteroatoms. The first-order valence-corrected chi connectivity index (χ1v) is 8.51. The molecule has 0 bridgehead atoms. The van der Waals surface area contributed by atoms with Crippen molar-refractivity contribution in [2.45, 2.75) is 6.04 Å². The Morgan fingerprint density at radius 2 is 1.62 bits per heavy atom. The van der Waals surface area contributed by atoms with Crippen LogP contribution in [-0.4, -0.2) is 38.0 Å². The number of carbonyl (C=O) groups is 1. The van der Waals surface area contributed by atoms with Crippen LogP contribution in [0.4, 0.5) is 0 Å². The first-order chi connectivity index (χ1) is 12.6. The molecule has 0 saturated heterocycles. The van der Waals surface area contributed by atoms with E-state index in [9.17, 15) is 10.1 Å². The van der Waals surface area contributed by atoms with Crippen LogP contribution >= 0.6 is 0 Å². The molecule has 0 fully saturated rings. The minimum Gasteiger partial charge on any atom is -0.388 e. The number of benzene rings is 2. The number of amides is 1. The van der Waals surface area contributed by atoms with E-state index < -0.39 is 5.91 Å². The molecule has 0 aliphatic carbocycles. The van der Waals surface area contributed by atoms with Crippen LogP contribution in [0.1, 0.15) is 17.2 Å². The number of carbonyl (C=O) groups excluding carboxylic acids is 1. The molecule has 0 atom stereocenters. The molecule has 1 amide bonds. The summed E-state index contributed by atoms with van der Waals surface area (Å²) in [5.74, 6) is -0.400. The molecule has 2 N–H and O–H groups in total. The Morgan fingerprint density at radius 3 is 2.08 bits per heavy atom. The van der Waals surface area contributed by atoms with Crippen molar-refractivity contribution < 1.29 is 4.79 Å². The monoisotopic (exact) mass is 348 g/mol. The Kier molecular flexibility index (Phi) is 7.41. The summed E-state index contributed by atoms with van der Waals surface area (Å²) in [5, 5.41) is 15.3. The smallest absolute Gasteiger partial charge is 0.264 e. The molecule has 0 heterocycles. The van der Waals surface area contributed by atoms with Gasteiger partial charge < -0.3 is 15.5 Å². The van der Waals surface area contributed by atoms with Gasteiger partial charge in [-0.15, -0.1) is 0 Å². The third-order valence-electron chi connectivity index (χ3n) is 3.86. The van der Waals surface area contributed by atoms with Gasteiger partial charge in [0.1, 0.15) is 11.6 Å². The standard InChI is InChI=1S/C21H24N4O/c1-25(2)14-13-23-16-19(15-22)21(26)24-20(17-9-5-3-6-10-17)18-11-7-4-8-12-18/h3-12,16,20,23H,13-14H2,1-2H3,(H,24,26)/b19-16-. The molecule has 134 valence electrons. The lowest BCUT2D eigenvalue weighted by Gasteiger charge is -2.19. The van der Waals surface area contributed by atoms with E-state index in [0.717, 1.165) is 17.7 Å². The first-order valence-electron chi connectivity index (χ1n) is 8.51. The van der Waals surface area contributed by atoms with Gasteiger partial charge in [-0.25, -0.2) is 0 Å². The Labute approximate surface area is 154 Å². The van der Waals surface area contributed by atoms with Crippen LogP contribution in [0.3, 0.4) is 0 Å². The Morgan fingerprint density at radius 1 is 1.08 bits per heavy atom.